The normalized spacial score (nSPS) is 6.90. The van der Waals surface area contributed by atoms with E-state index in [1.165, 1.54) is 6.92 Å². The Morgan fingerprint density at radius 1 is 1.70 bits per heavy atom. The highest BCUT2D eigenvalue weighted by Gasteiger charge is 1.74. The van der Waals surface area contributed by atoms with E-state index in [0.29, 0.717) is 10.5 Å². The first-order chi connectivity index (χ1) is 4.54. The lowest BCUT2D eigenvalue weighted by molar-refractivity contribution is -0.132. The zero-order valence-electron chi connectivity index (χ0n) is 5.96. The van der Waals surface area contributed by atoms with Crippen molar-refractivity contribution in [3.63, 3.8) is 0 Å². The molecule has 0 aliphatic rings. The number of aliphatic carboxylic acids is 1. The van der Waals surface area contributed by atoms with Crippen molar-refractivity contribution in [3.05, 3.63) is 12.7 Å². The van der Waals surface area contributed by atoms with Gasteiger partial charge in [0.05, 0.1) is 0 Å². The predicted octanol–water partition coefficient (Wildman–Crippen LogP) is -0.913. The van der Waals surface area contributed by atoms with Gasteiger partial charge in [-0.05, 0) is 0 Å². The van der Waals surface area contributed by atoms with Crippen LogP contribution in [0.3, 0.4) is 0 Å². The molecular formula is C5H10O4Si. The molecule has 4 nitrogen and oxygen atoms in total. The Labute approximate surface area is 62.0 Å². The Kier molecular flexibility index (Phi) is 9.21. The second-order valence-electron chi connectivity index (χ2n) is 1.24. The summed E-state index contributed by atoms with van der Waals surface area (Å²) in [4.78, 5) is 18.9. The van der Waals surface area contributed by atoms with Crippen molar-refractivity contribution in [1.82, 2.24) is 0 Å². The van der Waals surface area contributed by atoms with Crippen LogP contribution in [0.5, 0.6) is 0 Å². The van der Waals surface area contributed by atoms with Crippen molar-refractivity contribution in [2.45, 2.75) is 6.92 Å². The fourth-order valence-electron chi connectivity index (χ4n) is 0. The molecule has 0 aliphatic heterocycles. The van der Waals surface area contributed by atoms with Gasteiger partial charge in [0, 0.05) is 13.0 Å². The van der Waals surface area contributed by atoms with Gasteiger partial charge in [-0.25, -0.2) is 4.79 Å². The molecule has 0 saturated carbocycles. The molecule has 58 valence electrons. The van der Waals surface area contributed by atoms with E-state index >= 15 is 0 Å². The van der Waals surface area contributed by atoms with E-state index in [0.717, 1.165) is 6.08 Å². The molecule has 0 aromatic carbocycles. The molecule has 0 aromatic rings. The highest BCUT2D eigenvalue weighted by Crippen LogP contribution is 1.58. The lowest BCUT2D eigenvalue weighted by Gasteiger charge is -1.82. The summed E-state index contributed by atoms with van der Waals surface area (Å²) >= 11 is 0. The average Bonchev–Trinajstić information content (AvgIpc) is 1.89. The van der Waals surface area contributed by atoms with Gasteiger partial charge in [0.25, 0.3) is 5.97 Å². The molecular weight excluding hydrogens is 152 g/mol. The molecule has 0 spiro atoms. The third-order valence-corrected chi connectivity index (χ3v) is 1.04. The molecule has 0 unspecified atom stereocenters. The summed E-state index contributed by atoms with van der Waals surface area (Å²) in [6, 6.07) is 0. The monoisotopic (exact) mass is 162 g/mol. The van der Waals surface area contributed by atoms with E-state index < -0.39 is 5.97 Å². The summed E-state index contributed by atoms with van der Waals surface area (Å²) in [5.41, 5.74) is 0. The Bertz CT molecular complexity index is 132. The first kappa shape index (κ1) is 11.7. The summed E-state index contributed by atoms with van der Waals surface area (Å²) in [5, 5.41) is 7.60. The lowest BCUT2D eigenvalue weighted by atomic mass is 10.7. The fraction of sp³-hybridized carbons (Fsp3) is 0.200. The van der Waals surface area contributed by atoms with E-state index in [2.05, 4.69) is 11.0 Å². The van der Waals surface area contributed by atoms with Crippen LogP contribution < -0.4 is 0 Å². The molecule has 0 heterocycles. The van der Waals surface area contributed by atoms with Crippen LogP contribution in [0.1, 0.15) is 6.92 Å². The Morgan fingerprint density at radius 2 is 1.90 bits per heavy atom. The number of carboxylic acid groups (broad SMARTS) is 1. The van der Waals surface area contributed by atoms with Crippen LogP contribution in [0.4, 0.5) is 0 Å². The number of rotatable bonds is 1. The number of hydrogen-bond acceptors (Lipinski definition) is 3. The number of carbonyl (C=O) groups is 2. The molecule has 0 fully saturated rings. The van der Waals surface area contributed by atoms with Gasteiger partial charge < -0.3 is 9.53 Å². The molecule has 0 aromatic heterocycles. The molecule has 0 radical (unpaired) electrons. The van der Waals surface area contributed by atoms with E-state index in [4.69, 9.17) is 5.11 Å². The van der Waals surface area contributed by atoms with Crippen molar-refractivity contribution in [3.8, 4) is 0 Å². The predicted molar refractivity (Wildman–Crippen MR) is 39.5 cm³/mol. The molecule has 1 N–H and O–H groups in total. The minimum Gasteiger partial charge on any atom is -0.529 e. The third-order valence-electron chi connectivity index (χ3n) is 0.462. The first-order valence-electron chi connectivity index (χ1n) is 2.44. The molecule has 10 heavy (non-hydrogen) atoms. The highest BCUT2D eigenvalue weighted by molar-refractivity contribution is 6.04. The molecule has 0 atom stereocenters. The van der Waals surface area contributed by atoms with Gasteiger partial charge in [0.2, 0.25) is 10.5 Å². The van der Waals surface area contributed by atoms with Crippen molar-refractivity contribution in [1.29, 1.82) is 0 Å². The van der Waals surface area contributed by atoms with E-state index in [-0.39, 0.29) is 5.97 Å². The minimum atomic E-state index is -0.981. The molecule has 0 rings (SSSR count). The minimum absolute atomic E-state index is 0.184. The van der Waals surface area contributed by atoms with E-state index in [1.54, 1.807) is 0 Å². The number of carbonyl (C=O) groups excluding carboxylic acids is 1. The maximum Gasteiger partial charge on any atom is 0.327 e. The van der Waals surface area contributed by atoms with Gasteiger partial charge in [0.1, 0.15) is 0 Å². The van der Waals surface area contributed by atoms with Crippen molar-refractivity contribution in [2.24, 2.45) is 0 Å². The lowest BCUT2D eigenvalue weighted by Crippen LogP contribution is -1.90. The molecule has 0 bridgehead atoms. The van der Waals surface area contributed by atoms with Gasteiger partial charge in [-0.3, -0.25) is 4.79 Å². The van der Waals surface area contributed by atoms with E-state index in [9.17, 15) is 9.59 Å². The molecule has 0 amide bonds. The summed E-state index contributed by atoms with van der Waals surface area (Å²) in [7, 11) is 0.524. The van der Waals surface area contributed by atoms with Gasteiger partial charge >= 0.3 is 5.97 Å². The third kappa shape index (κ3) is 28.6. The summed E-state index contributed by atoms with van der Waals surface area (Å²) in [6.45, 7) is 4.36. The van der Waals surface area contributed by atoms with Gasteiger partial charge in [-0.1, -0.05) is 6.58 Å². The quantitative estimate of drug-likeness (QED) is 0.400. The zero-order chi connectivity index (χ0) is 8.57. The smallest absolute Gasteiger partial charge is 0.327 e. The fourth-order valence-corrected chi connectivity index (χ4v) is 0. The summed E-state index contributed by atoms with van der Waals surface area (Å²) in [5.74, 6) is -1.17. The van der Waals surface area contributed by atoms with Gasteiger partial charge in [-0.15, -0.1) is 0 Å². The average molecular weight is 162 g/mol. The van der Waals surface area contributed by atoms with E-state index in [1.807, 2.05) is 0 Å². The van der Waals surface area contributed by atoms with Crippen LogP contribution in [0.2, 0.25) is 0 Å². The van der Waals surface area contributed by atoms with Crippen molar-refractivity contribution < 1.29 is 19.1 Å². The topological polar surface area (TPSA) is 63.6 Å². The second-order valence-corrected chi connectivity index (χ2v) is 1.65. The van der Waals surface area contributed by atoms with Gasteiger partial charge in [0.15, 0.2) is 0 Å². The zero-order valence-corrected chi connectivity index (χ0v) is 7.96. The van der Waals surface area contributed by atoms with Crippen molar-refractivity contribution in [2.75, 3.05) is 0 Å². The number of carboxylic acids is 1. The summed E-state index contributed by atoms with van der Waals surface area (Å²) in [6.07, 6.45) is 0.833. The molecule has 0 aliphatic carbocycles. The first-order valence-corrected chi connectivity index (χ1v) is 3.26. The highest BCUT2D eigenvalue weighted by atomic mass is 28.2. The second kappa shape index (κ2) is 7.90. The van der Waals surface area contributed by atoms with Crippen molar-refractivity contribution >= 4 is 22.4 Å². The number of hydrogen-bond donors (Lipinski definition) is 1. The molecule has 5 heteroatoms. The van der Waals surface area contributed by atoms with Crippen LogP contribution in [-0.4, -0.2) is 27.5 Å². The summed E-state index contributed by atoms with van der Waals surface area (Å²) < 4.78 is 4.25. The Balaban J connectivity index is 0. The van der Waals surface area contributed by atoms with Crippen LogP contribution in [0, 0.1) is 0 Å². The standard InChI is InChI=1S/C3H4O2.C2H6O2Si/c1-2-3(4)5;1-2(3)4-5/h2H,1H2,(H,4,5);1,5H3. The molecule has 0 saturated heterocycles. The largest absolute Gasteiger partial charge is 0.529 e. The SMILES string of the molecule is C=CC(=O)O.CC(=O)O[SiH3]. The Morgan fingerprint density at radius 3 is 1.90 bits per heavy atom. The maximum atomic E-state index is 9.62. The van der Waals surface area contributed by atoms with Crippen LogP contribution in [0.15, 0.2) is 12.7 Å². The van der Waals surface area contributed by atoms with Crippen LogP contribution >= 0.6 is 0 Å². The Hall–Kier alpha value is -1.10. The maximum absolute atomic E-state index is 9.62. The van der Waals surface area contributed by atoms with Gasteiger partial charge in [-0.2, -0.15) is 0 Å². The van der Waals surface area contributed by atoms with Crippen LogP contribution in [0.25, 0.3) is 0 Å². The van der Waals surface area contributed by atoms with Crippen LogP contribution in [-0.2, 0) is 14.0 Å².